The zero-order valence-electron chi connectivity index (χ0n) is 13.8. The van der Waals surface area contributed by atoms with Crippen LogP contribution in [0.3, 0.4) is 0 Å². The van der Waals surface area contributed by atoms with Crippen LogP contribution in [-0.4, -0.2) is 15.4 Å². The van der Waals surface area contributed by atoms with Gasteiger partial charge in [0.1, 0.15) is 0 Å². The normalized spacial score (nSPS) is 15.2. The average molecular weight is 259 g/mol. The molecule has 0 spiro atoms. The van der Waals surface area contributed by atoms with E-state index in [1.54, 1.807) is 0 Å². The molecule has 0 N–H and O–H groups in total. The van der Waals surface area contributed by atoms with E-state index in [0.717, 1.165) is 0 Å². The van der Waals surface area contributed by atoms with Crippen LogP contribution in [0, 0.1) is 10.8 Å². The molecule has 0 aliphatic rings. The van der Waals surface area contributed by atoms with Crippen molar-refractivity contribution in [3.05, 3.63) is 0 Å². The summed E-state index contributed by atoms with van der Waals surface area (Å²) in [5.41, 5.74) is 0.696. The van der Waals surface area contributed by atoms with E-state index < -0.39 is 8.32 Å². The molecule has 0 aliphatic carbocycles. The van der Waals surface area contributed by atoms with Crippen molar-refractivity contribution in [3.8, 4) is 0 Å². The zero-order valence-corrected chi connectivity index (χ0v) is 14.8. The first-order chi connectivity index (χ1) is 7.22. The van der Waals surface area contributed by atoms with Crippen molar-refractivity contribution in [2.75, 3.05) is 7.11 Å². The topological polar surface area (TPSA) is 9.23 Å². The van der Waals surface area contributed by atoms with Crippen LogP contribution in [-0.2, 0) is 4.43 Å². The number of hydrogen-bond donors (Lipinski definition) is 0. The van der Waals surface area contributed by atoms with Gasteiger partial charge in [-0.15, -0.1) is 0 Å². The second-order valence-electron chi connectivity index (χ2n) is 8.92. The predicted molar refractivity (Wildman–Crippen MR) is 81.0 cm³/mol. The maximum absolute atomic E-state index is 6.19. The van der Waals surface area contributed by atoms with Crippen LogP contribution < -0.4 is 0 Å². The lowest BCUT2D eigenvalue weighted by molar-refractivity contribution is 0.302. The van der Waals surface area contributed by atoms with E-state index in [-0.39, 0.29) is 0 Å². The molecule has 0 fully saturated rings. The van der Waals surface area contributed by atoms with Crippen molar-refractivity contribution < 1.29 is 4.43 Å². The molecule has 0 rings (SSSR count). The van der Waals surface area contributed by atoms with Crippen molar-refractivity contribution in [1.29, 1.82) is 0 Å². The van der Waals surface area contributed by atoms with E-state index in [2.05, 4.69) is 62.3 Å². The summed E-state index contributed by atoms with van der Waals surface area (Å²) >= 11 is 0. The lowest BCUT2D eigenvalue weighted by atomic mass is 10.00. The summed E-state index contributed by atoms with van der Waals surface area (Å²) in [6, 6.07) is 2.47. The van der Waals surface area contributed by atoms with Gasteiger partial charge >= 0.3 is 0 Å². The van der Waals surface area contributed by atoms with Gasteiger partial charge < -0.3 is 4.43 Å². The Balaban J connectivity index is 5.32. The predicted octanol–water partition coefficient (Wildman–Crippen LogP) is 5.47. The summed E-state index contributed by atoms with van der Waals surface area (Å²) < 4.78 is 6.19. The van der Waals surface area contributed by atoms with Crippen LogP contribution in [0.25, 0.3) is 0 Å². The van der Waals surface area contributed by atoms with Gasteiger partial charge in [0, 0.05) is 7.11 Å². The Morgan fingerprint density at radius 3 is 1.12 bits per heavy atom. The van der Waals surface area contributed by atoms with Gasteiger partial charge in [0.05, 0.1) is 0 Å². The van der Waals surface area contributed by atoms with Crippen molar-refractivity contribution in [2.45, 2.75) is 79.4 Å². The van der Waals surface area contributed by atoms with Crippen LogP contribution in [0.4, 0.5) is 0 Å². The highest BCUT2D eigenvalue weighted by Crippen LogP contribution is 2.49. The SMILES string of the molecule is CO[Si](CC(C)(C)C)(CC(C)(C)C)C(C)(C)C. The fourth-order valence-electron chi connectivity index (χ4n) is 2.76. The van der Waals surface area contributed by atoms with E-state index in [1.165, 1.54) is 12.1 Å². The van der Waals surface area contributed by atoms with Crippen LogP contribution >= 0.6 is 0 Å². The highest BCUT2D eigenvalue weighted by Gasteiger charge is 2.49. The Kier molecular flexibility index (Phi) is 5.10. The molecule has 0 aromatic rings. The molecule has 0 saturated carbocycles. The Hall–Kier alpha value is 0.177. The second kappa shape index (κ2) is 5.04. The van der Waals surface area contributed by atoms with Gasteiger partial charge in [0.25, 0.3) is 0 Å². The number of rotatable bonds is 3. The Bertz CT molecular complexity index is 221. The lowest BCUT2D eigenvalue weighted by Gasteiger charge is -2.47. The first kappa shape index (κ1) is 17.2. The molecule has 0 saturated heterocycles. The Labute approximate surface area is 110 Å². The zero-order chi connectivity index (χ0) is 14.1. The maximum atomic E-state index is 6.19. The largest absolute Gasteiger partial charge is 0.419 e. The molecule has 1 nitrogen and oxygen atoms in total. The molecule has 2 heteroatoms. The second-order valence-corrected chi connectivity index (χ2v) is 13.5. The van der Waals surface area contributed by atoms with Crippen molar-refractivity contribution in [3.63, 3.8) is 0 Å². The van der Waals surface area contributed by atoms with Gasteiger partial charge in [-0.05, 0) is 28.0 Å². The van der Waals surface area contributed by atoms with E-state index in [0.29, 0.717) is 15.9 Å². The molecule has 104 valence electrons. The van der Waals surface area contributed by atoms with Crippen LogP contribution in [0.15, 0.2) is 0 Å². The van der Waals surface area contributed by atoms with Gasteiger partial charge in [-0.3, -0.25) is 0 Å². The molecule has 0 radical (unpaired) electrons. The lowest BCUT2D eigenvalue weighted by Crippen LogP contribution is -2.51. The molecule has 0 aromatic carbocycles. The van der Waals surface area contributed by atoms with Gasteiger partial charge in [-0.25, -0.2) is 0 Å². The fraction of sp³-hybridized carbons (Fsp3) is 1.00. The van der Waals surface area contributed by atoms with Gasteiger partial charge in [-0.1, -0.05) is 62.3 Å². The molecule has 0 aliphatic heterocycles. The summed E-state index contributed by atoms with van der Waals surface area (Å²) in [6.07, 6.45) is 0. The standard InChI is InChI=1S/C15H34OSi/c1-13(2,3)11-17(16-10,15(7,8)9)12-14(4,5)6/h11-12H2,1-10H3. The smallest absolute Gasteiger partial charge is 0.198 e. The third-order valence-electron chi connectivity index (χ3n) is 3.39. The molecule has 0 atom stereocenters. The Morgan fingerprint density at radius 2 is 1.00 bits per heavy atom. The summed E-state index contributed by atoms with van der Waals surface area (Å²) in [6.45, 7) is 21.1. The van der Waals surface area contributed by atoms with Gasteiger partial charge in [0.15, 0.2) is 8.32 Å². The minimum Gasteiger partial charge on any atom is -0.419 e. The fourth-order valence-corrected chi connectivity index (χ4v) is 8.27. The molecule has 0 unspecified atom stereocenters. The maximum Gasteiger partial charge on any atom is 0.198 e. The third kappa shape index (κ3) is 5.56. The van der Waals surface area contributed by atoms with E-state index in [9.17, 15) is 0 Å². The summed E-state index contributed by atoms with van der Waals surface area (Å²) in [7, 11) is 0.198. The molecular weight excluding hydrogens is 224 g/mol. The molecule has 17 heavy (non-hydrogen) atoms. The minimum atomic E-state index is -1.74. The first-order valence-electron chi connectivity index (χ1n) is 6.78. The van der Waals surface area contributed by atoms with E-state index in [1.807, 2.05) is 7.11 Å². The van der Waals surface area contributed by atoms with E-state index in [4.69, 9.17) is 4.43 Å². The van der Waals surface area contributed by atoms with Crippen molar-refractivity contribution in [1.82, 2.24) is 0 Å². The summed E-state index contributed by atoms with van der Waals surface area (Å²) in [5.74, 6) is 0. The summed E-state index contributed by atoms with van der Waals surface area (Å²) in [5, 5.41) is 0.294. The Morgan fingerprint density at radius 1 is 0.706 bits per heavy atom. The average Bonchev–Trinajstić information content (AvgIpc) is 1.95. The molecule has 0 heterocycles. The molecule has 0 bridgehead atoms. The monoisotopic (exact) mass is 258 g/mol. The number of hydrogen-bond acceptors (Lipinski definition) is 1. The highest BCUT2D eigenvalue weighted by atomic mass is 28.4. The quantitative estimate of drug-likeness (QED) is 0.610. The highest BCUT2D eigenvalue weighted by molar-refractivity contribution is 6.76. The van der Waals surface area contributed by atoms with Crippen LogP contribution in [0.2, 0.25) is 17.1 Å². The van der Waals surface area contributed by atoms with Crippen molar-refractivity contribution >= 4 is 8.32 Å². The minimum absolute atomic E-state index is 0.294. The van der Waals surface area contributed by atoms with Gasteiger partial charge in [-0.2, -0.15) is 0 Å². The summed E-state index contributed by atoms with van der Waals surface area (Å²) in [4.78, 5) is 0. The van der Waals surface area contributed by atoms with Gasteiger partial charge in [0.2, 0.25) is 0 Å². The first-order valence-corrected chi connectivity index (χ1v) is 9.10. The third-order valence-corrected chi connectivity index (χ3v) is 10.2. The molecule has 0 aromatic heterocycles. The molecule has 0 amide bonds. The van der Waals surface area contributed by atoms with Crippen LogP contribution in [0.5, 0.6) is 0 Å². The van der Waals surface area contributed by atoms with Crippen LogP contribution in [0.1, 0.15) is 62.3 Å². The van der Waals surface area contributed by atoms with E-state index >= 15 is 0 Å². The van der Waals surface area contributed by atoms with Crippen molar-refractivity contribution in [2.24, 2.45) is 10.8 Å². The molecular formula is C15H34OSi.